The second kappa shape index (κ2) is 6.60. The number of hydrogen-bond acceptors (Lipinski definition) is 2. The van der Waals surface area contributed by atoms with Crippen LogP contribution in [0, 0.1) is 36.2 Å². The smallest absolute Gasteiger partial charge is 0.315 e. The van der Waals surface area contributed by atoms with Crippen molar-refractivity contribution in [1.82, 2.24) is 0 Å². The van der Waals surface area contributed by atoms with E-state index in [0.717, 1.165) is 25.7 Å². The number of hydrogen-bond donors (Lipinski definition) is 1. The normalized spacial score (nSPS) is 29.5. The minimum atomic E-state index is -0.925. The zero-order valence-electron chi connectivity index (χ0n) is 11.7. The van der Waals surface area contributed by atoms with Crippen LogP contribution in [0.25, 0.3) is 4.85 Å². The van der Waals surface area contributed by atoms with Crippen molar-refractivity contribution in [3.8, 4) is 18.4 Å². The predicted molar refractivity (Wildman–Crippen MR) is 74.8 cm³/mol. The average molecular weight is 258 g/mol. The molecule has 102 valence electrons. The molecule has 3 nitrogen and oxygen atoms in total. The lowest BCUT2D eigenvalue weighted by molar-refractivity contribution is 0.0421. The number of nitrogens with zero attached hydrogens (tertiary/aromatic N) is 2. The van der Waals surface area contributed by atoms with E-state index in [9.17, 15) is 10.4 Å². The third-order valence-corrected chi connectivity index (χ3v) is 4.25. The van der Waals surface area contributed by atoms with Crippen LogP contribution >= 0.6 is 0 Å². The van der Waals surface area contributed by atoms with E-state index in [-0.39, 0.29) is 0 Å². The van der Waals surface area contributed by atoms with E-state index in [1.807, 2.05) is 6.92 Å². The molecule has 3 heteroatoms. The summed E-state index contributed by atoms with van der Waals surface area (Å²) in [5.74, 6) is 2.96. The Hall–Kier alpha value is -1.50. The average Bonchev–Trinajstić information content (AvgIpc) is 2.45. The molecule has 1 aliphatic carbocycles. The van der Waals surface area contributed by atoms with E-state index in [1.165, 1.54) is 0 Å². The summed E-state index contributed by atoms with van der Waals surface area (Å²) in [6, 6.07) is 2.20. The number of aliphatic hydroxyl groups is 1. The van der Waals surface area contributed by atoms with Crippen LogP contribution in [-0.4, -0.2) is 16.2 Å². The Bertz CT molecular complexity index is 400. The van der Waals surface area contributed by atoms with Crippen molar-refractivity contribution in [3.05, 3.63) is 11.4 Å². The van der Waals surface area contributed by atoms with Crippen LogP contribution in [0.1, 0.15) is 58.3 Å². The maximum atomic E-state index is 9.97. The molecule has 0 amide bonds. The fourth-order valence-electron chi connectivity index (χ4n) is 2.82. The van der Waals surface area contributed by atoms with Gasteiger partial charge in [-0.15, -0.1) is 6.42 Å². The Morgan fingerprint density at radius 3 is 2.53 bits per heavy atom. The zero-order chi connectivity index (χ0) is 14.4. The van der Waals surface area contributed by atoms with Crippen molar-refractivity contribution < 1.29 is 5.11 Å². The van der Waals surface area contributed by atoms with Crippen LogP contribution in [0.3, 0.4) is 0 Å². The van der Waals surface area contributed by atoms with Crippen LogP contribution in [0.2, 0.25) is 0 Å². The third-order valence-electron chi connectivity index (χ3n) is 4.25. The molecule has 1 rings (SSSR count). The highest BCUT2D eigenvalue weighted by Crippen LogP contribution is 2.36. The highest BCUT2D eigenvalue weighted by Gasteiger charge is 2.38. The second-order valence-electron chi connectivity index (χ2n) is 5.66. The summed E-state index contributed by atoms with van der Waals surface area (Å²) in [4.78, 5) is 3.56. The summed E-state index contributed by atoms with van der Waals surface area (Å²) < 4.78 is 0. The SMILES string of the molecule is [C-]#[N+]C(C#N)(CCC)CCC1CCC(O)(C#C)CC1. The lowest BCUT2D eigenvalue weighted by Gasteiger charge is -2.32. The molecule has 0 aliphatic heterocycles. The molecule has 1 unspecified atom stereocenters. The fraction of sp³-hybridized carbons (Fsp3) is 0.750. The Labute approximate surface area is 116 Å². The Morgan fingerprint density at radius 2 is 2.11 bits per heavy atom. The summed E-state index contributed by atoms with van der Waals surface area (Å²) in [5, 5.41) is 19.2. The Morgan fingerprint density at radius 1 is 1.47 bits per heavy atom. The van der Waals surface area contributed by atoms with Gasteiger partial charge >= 0.3 is 5.54 Å². The van der Waals surface area contributed by atoms with Gasteiger partial charge in [-0.25, -0.2) is 6.57 Å². The molecule has 0 spiro atoms. The highest BCUT2D eigenvalue weighted by molar-refractivity contribution is 5.15. The van der Waals surface area contributed by atoms with Crippen molar-refractivity contribution in [2.75, 3.05) is 0 Å². The molecule has 0 heterocycles. The Kier molecular flexibility index (Phi) is 5.41. The molecule has 1 N–H and O–H groups in total. The van der Waals surface area contributed by atoms with E-state index in [2.05, 4.69) is 16.8 Å². The van der Waals surface area contributed by atoms with Crippen molar-refractivity contribution in [1.29, 1.82) is 5.26 Å². The first-order chi connectivity index (χ1) is 9.03. The lowest BCUT2D eigenvalue weighted by Crippen LogP contribution is -2.33. The molecule has 1 aliphatic rings. The molecular formula is C16H22N2O. The van der Waals surface area contributed by atoms with Crippen molar-refractivity contribution in [3.63, 3.8) is 0 Å². The van der Waals surface area contributed by atoms with Crippen molar-refractivity contribution in [2.24, 2.45) is 5.92 Å². The van der Waals surface area contributed by atoms with Crippen LogP contribution in [-0.2, 0) is 0 Å². The van der Waals surface area contributed by atoms with E-state index in [4.69, 9.17) is 13.0 Å². The molecule has 0 aromatic carbocycles. The van der Waals surface area contributed by atoms with Gasteiger partial charge in [0.05, 0.1) is 0 Å². The standard InChI is InChI=1S/C16H22N2O/c1-4-9-15(13-17,18-3)10-6-14-7-11-16(19,5-2)12-8-14/h2,14,19H,4,6-12H2,1H3. The first-order valence-corrected chi connectivity index (χ1v) is 7.03. The van der Waals surface area contributed by atoms with Gasteiger partial charge in [-0.05, 0) is 44.4 Å². The van der Waals surface area contributed by atoms with Gasteiger partial charge in [-0.2, -0.15) is 5.26 Å². The molecule has 1 fully saturated rings. The van der Waals surface area contributed by atoms with E-state index >= 15 is 0 Å². The molecule has 19 heavy (non-hydrogen) atoms. The molecular weight excluding hydrogens is 236 g/mol. The number of rotatable bonds is 5. The molecule has 0 bridgehead atoms. The molecule has 0 radical (unpaired) electrons. The van der Waals surface area contributed by atoms with Gasteiger partial charge in [0.15, 0.2) is 6.07 Å². The van der Waals surface area contributed by atoms with Crippen molar-refractivity contribution in [2.45, 2.75) is 69.4 Å². The zero-order valence-corrected chi connectivity index (χ0v) is 11.7. The van der Waals surface area contributed by atoms with Gasteiger partial charge in [0, 0.05) is 12.8 Å². The summed E-state index contributed by atoms with van der Waals surface area (Å²) in [6.07, 6.45) is 11.4. The van der Waals surface area contributed by atoms with E-state index < -0.39 is 11.1 Å². The summed E-state index contributed by atoms with van der Waals surface area (Å²) >= 11 is 0. The maximum absolute atomic E-state index is 9.97. The van der Waals surface area contributed by atoms with Crippen LogP contribution < -0.4 is 0 Å². The first-order valence-electron chi connectivity index (χ1n) is 7.03. The van der Waals surface area contributed by atoms with E-state index in [1.54, 1.807) is 0 Å². The third kappa shape index (κ3) is 3.99. The molecule has 0 saturated heterocycles. The topological polar surface area (TPSA) is 48.4 Å². The Balaban J connectivity index is 2.49. The van der Waals surface area contributed by atoms with Crippen LogP contribution in [0.15, 0.2) is 0 Å². The van der Waals surface area contributed by atoms with Gasteiger partial charge in [0.25, 0.3) is 0 Å². The maximum Gasteiger partial charge on any atom is 0.315 e. The van der Waals surface area contributed by atoms with Crippen LogP contribution in [0.4, 0.5) is 0 Å². The van der Waals surface area contributed by atoms with Gasteiger partial charge in [-0.3, -0.25) is 4.85 Å². The summed E-state index contributed by atoms with van der Waals surface area (Å²) in [7, 11) is 0. The van der Waals surface area contributed by atoms with Gasteiger partial charge in [0.2, 0.25) is 0 Å². The number of terminal acetylenes is 1. The quantitative estimate of drug-likeness (QED) is 0.607. The highest BCUT2D eigenvalue weighted by atomic mass is 16.3. The molecule has 0 aromatic heterocycles. The minimum absolute atomic E-state index is 0.486. The van der Waals surface area contributed by atoms with Gasteiger partial charge in [0.1, 0.15) is 5.60 Å². The largest absolute Gasteiger partial charge is 0.378 e. The second-order valence-corrected chi connectivity index (χ2v) is 5.66. The van der Waals surface area contributed by atoms with Crippen molar-refractivity contribution >= 4 is 0 Å². The van der Waals surface area contributed by atoms with Gasteiger partial charge in [-0.1, -0.05) is 12.8 Å². The minimum Gasteiger partial charge on any atom is -0.378 e. The predicted octanol–water partition coefficient (Wildman–Crippen LogP) is 3.30. The number of nitriles is 1. The summed E-state index contributed by atoms with van der Waals surface area (Å²) in [6.45, 7) is 9.26. The fourth-order valence-corrected chi connectivity index (χ4v) is 2.82. The van der Waals surface area contributed by atoms with E-state index in [0.29, 0.717) is 31.6 Å². The molecule has 1 atom stereocenters. The lowest BCUT2D eigenvalue weighted by atomic mass is 9.76. The van der Waals surface area contributed by atoms with Crippen LogP contribution in [0.5, 0.6) is 0 Å². The monoisotopic (exact) mass is 258 g/mol. The molecule has 1 saturated carbocycles. The summed E-state index contributed by atoms with van der Waals surface area (Å²) in [5.41, 5.74) is -1.76. The first kappa shape index (κ1) is 15.6. The molecule has 0 aromatic rings. The van der Waals surface area contributed by atoms with Gasteiger partial charge < -0.3 is 5.11 Å².